The SMILES string of the molecule is O=S(=O)(c1ccc(Cl)c(Cl)c1)N(c1ccc(Cl)cc1)C1CCN(C2CCCCC2c2ccccc2)CC1. The highest BCUT2D eigenvalue weighted by Gasteiger charge is 2.38. The van der Waals surface area contributed by atoms with Gasteiger partial charge in [-0.15, -0.1) is 0 Å². The molecule has 0 N–H and O–H groups in total. The van der Waals surface area contributed by atoms with Gasteiger partial charge >= 0.3 is 0 Å². The molecule has 1 saturated carbocycles. The van der Waals surface area contributed by atoms with E-state index in [0.717, 1.165) is 25.9 Å². The van der Waals surface area contributed by atoms with Crippen LogP contribution in [0.1, 0.15) is 50.0 Å². The average molecular weight is 578 g/mol. The first-order valence-corrected chi connectivity index (χ1v) is 15.5. The summed E-state index contributed by atoms with van der Waals surface area (Å²) >= 11 is 18.4. The van der Waals surface area contributed by atoms with E-state index in [1.807, 2.05) is 0 Å². The molecule has 5 rings (SSSR count). The van der Waals surface area contributed by atoms with E-state index in [-0.39, 0.29) is 16.0 Å². The van der Waals surface area contributed by atoms with Crippen LogP contribution in [0.3, 0.4) is 0 Å². The largest absolute Gasteiger partial charge is 0.300 e. The number of piperidine rings is 1. The highest BCUT2D eigenvalue weighted by molar-refractivity contribution is 7.92. The van der Waals surface area contributed by atoms with Crippen molar-refractivity contribution in [2.75, 3.05) is 17.4 Å². The van der Waals surface area contributed by atoms with Crippen molar-refractivity contribution in [2.24, 2.45) is 0 Å². The summed E-state index contributed by atoms with van der Waals surface area (Å²) in [6.07, 6.45) is 6.40. The van der Waals surface area contributed by atoms with Gasteiger partial charge in [-0.3, -0.25) is 9.21 Å². The van der Waals surface area contributed by atoms with E-state index < -0.39 is 10.0 Å². The van der Waals surface area contributed by atoms with Crippen LogP contribution in [0.5, 0.6) is 0 Å². The number of halogens is 3. The zero-order chi connectivity index (χ0) is 26.0. The number of hydrogen-bond donors (Lipinski definition) is 0. The lowest BCUT2D eigenvalue weighted by Gasteiger charge is -2.45. The Morgan fingerprint density at radius 3 is 2.11 bits per heavy atom. The van der Waals surface area contributed by atoms with Crippen molar-refractivity contribution >= 4 is 50.5 Å². The Labute approximate surface area is 235 Å². The highest BCUT2D eigenvalue weighted by atomic mass is 35.5. The van der Waals surface area contributed by atoms with Crippen molar-refractivity contribution < 1.29 is 8.42 Å². The maximum absolute atomic E-state index is 14.0. The second-order valence-corrected chi connectivity index (χ2v) is 13.1. The molecular formula is C29H31Cl3N2O2S. The molecule has 1 aliphatic heterocycles. The monoisotopic (exact) mass is 576 g/mol. The Kier molecular flexibility index (Phi) is 8.37. The number of hydrogen-bond acceptors (Lipinski definition) is 3. The molecule has 2 aliphatic rings. The third-order valence-electron chi connectivity index (χ3n) is 7.79. The van der Waals surface area contributed by atoms with Gasteiger partial charge in [-0.05, 0) is 79.6 Å². The van der Waals surface area contributed by atoms with Gasteiger partial charge in [0.15, 0.2) is 0 Å². The molecule has 0 amide bonds. The Morgan fingerprint density at radius 1 is 0.757 bits per heavy atom. The number of rotatable bonds is 6. The fourth-order valence-corrected chi connectivity index (χ4v) is 8.20. The maximum atomic E-state index is 14.0. The van der Waals surface area contributed by atoms with Gasteiger partial charge in [0.2, 0.25) is 0 Å². The van der Waals surface area contributed by atoms with Crippen LogP contribution in [0.15, 0.2) is 77.7 Å². The number of benzene rings is 3. The molecule has 1 heterocycles. The van der Waals surface area contributed by atoms with Crippen LogP contribution in [0, 0.1) is 0 Å². The minimum atomic E-state index is -3.87. The van der Waals surface area contributed by atoms with Crippen LogP contribution in [0.2, 0.25) is 15.1 Å². The molecule has 196 valence electrons. The van der Waals surface area contributed by atoms with Gasteiger partial charge in [0.1, 0.15) is 0 Å². The molecule has 3 aromatic carbocycles. The van der Waals surface area contributed by atoms with E-state index in [1.165, 1.54) is 49.4 Å². The third kappa shape index (κ3) is 5.81. The summed E-state index contributed by atoms with van der Waals surface area (Å²) in [5.41, 5.74) is 2.02. The van der Waals surface area contributed by atoms with Crippen molar-refractivity contribution in [3.63, 3.8) is 0 Å². The lowest BCUT2D eigenvalue weighted by Crippen LogP contribution is -2.51. The fraction of sp³-hybridized carbons (Fsp3) is 0.379. The van der Waals surface area contributed by atoms with Gasteiger partial charge in [-0.1, -0.05) is 78.0 Å². The number of nitrogens with zero attached hydrogens (tertiary/aromatic N) is 2. The molecule has 2 unspecified atom stereocenters. The van der Waals surface area contributed by atoms with Gasteiger partial charge in [0, 0.05) is 30.2 Å². The standard InChI is InChI=1S/C29H31Cl3N2O2S/c30-22-10-12-23(13-11-22)34(37(35,36)25-14-15-27(31)28(32)20-25)24-16-18-33(19-17-24)29-9-5-4-8-26(29)21-6-2-1-3-7-21/h1-3,6-7,10-15,20,24,26,29H,4-5,8-9,16-19H2. The van der Waals surface area contributed by atoms with Crippen LogP contribution in [0.25, 0.3) is 0 Å². The molecule has 0 bridgehead atoms. The van der Waals surface area contributed by atoms with Crippen LogP contribution in [-0.4, -0.2) is 38.5 Å². The Morgan fingerprint density at radius 2 is 1.43 bits per heavy atom. The normalized spacial score (nSPS) is 21.6. The molecule has 3 aromatic rings. The van der Waals surface area contributed by atoms with Crippen molar-refractivity contribution in [3.05, 3.63) is 93.4 Å². The summed E-state index contributed by atoms with van der Waals surface area (Å²) in [5.74, 6) is 0.527. The lowest BCUT2D eigenvalue weighted by atomic mass is 9.78. The van der Waals surface area contributed by atoms with Gasteiger partial charge in [0.05, 0.1) is 20.6 Å². The Balaban J connectivity index is 1.40. The molecule has 37 heavy (non-hydrogen) atoms. The van der Waals surface area contributed by atoms with Crippen molar-refractivity contribution in [1.82, 2.24) is 4.90 Å². The van der Waals surface area contributed by atoms with Crippen LogP contribution >= 0.6 is 34.8 Å². The average Bonchev–Trinajstić information content (AvgIpc) is 2.92. The smallest absolute Gasteiger partial charge is 0.264 e. The Bertz CT molecular complexity index is 1310. The van der Waals surface area contributed by atoms with E-state index in [9.17, 15) is 8.42 Å². The summed E-state index contributed by atoms with van der Waals surface area (Å²) in [6.45, 7) is 1.72. The van der Waals surface area contributed by atoms with Crippen molar-refractivity contribution in [1.29, 1.82) is 0 Å². The summed E-state index contributed by atoms with van der Waals surface area (Å²) in [7, 11) is -3.87. The minimum Gasteiger partial charge on any atom is -0.300 e. The fourth-order valence-electron chi connectivity index (χ4n) is 5.97. The van der Waals surface area contributed by atoms with Gasteiger partial charge in [-0.25, -0.2) is 8.42 Å². The highest BCUT2D eigenvalue weighted by Crippen LogP contribution is 2.39. The summed E-state index contributed by atoms with van der Waals surface area (Å²) in [6, 6.07) is 22.7. The topological polar surface area (TPSA) is 40.6 Å². The first-order chi connectivity index (χ1) is 17.8. The van der Waals surface area contributed by atoms with Gasteiger partial charge in [-0.2, -0.15) is 0 Å². The molecule has 2 atom stereocenters. The third-order valence-corrected chi connectivity index (χ3v) is 10.7. The second-order valence-electron chi connectivity index (χ2n) is 9.99. The number of likely N-dealkylation sites (tertiary alicyclic amines) is 1. The van der Waals surface area contributed by atoms with E-state index in [4.69, 9.17) is 34.8 Å². The molecule has 0 spiro atoms. The molecule has 2 fully saturated rings. The molecule has 0 aromatic heterocycles. The molecule has 1 aliphatic carbocycles. The maximum Gasteiger partial charge on any atom is 0.264 e. The molecule has 0 radical (unpaired) electrons. The molecule has 1 saturated heterocycles. The predicted octanol–water partition coefficient (Wildman–Crippen LogP) is 8.03. The minimum absolute atomic E-state index is 0.135. The van der Waals surface area contributed by atoms with Crippen molar-refractivity contribution in [3.8, 4) is 0 Å². The van der Waals surface area contributed by atoms with Crippen LogP contribution < -0.4 is 4.31 Å². The Hall–Kier alpha value is -1.76. The van der Waals surface area contributed by atoms with Crippen LogP contribution in [-0.2, 0) is 10.0 Å². The summed E-state index contributed by atoms with van der Waals surface area (Å²) in [5, 5.41) is 1.11. The zero-order valence-electron chi connectivity index (χ0n) is 20.6. The van der Waals surface area contributed by atoms with Crippen LogP contribution in [0.4, 0.5) is 5.69 Å². The van der Waals surface area contributed by atoms with E-state index in [2.05, 4.69) is 35.2 Å². The van der Waals surface area contributed by atoms with Gasteiger partial charge in [0.25, 0.3) is 10.0 Å². The van der Waals surface area contributed by atoms with Crippen molar-refractivity contribution in [2.45, 2.75) is 61.4 Å². The van der Waals surface area contributed by atoms with Gasteiger partial charge < -0.3 is 0 Å². The number of anilines is 1. The van der Waals surface area contributed by atoms with E-state index in [0.29, 0.717) is 27.7 Å². The first-order valence-electron chi connectivity index (χ1n) is 12.9. The molecule has 4 nitrogen and oxygen atoms in total. The molecular weight excluding hydrogens is 547 g/mol. The first kappa shape index (κ1) is 26.8. The number of sulfonamides is 1. The quantitative estimate of drug-likeness (QED) is 0.298. The molecule has 8 heteroatoms. The van der Waals surface area contributed by atoms with E-state index >= 15 is 0 Å². The predicted molar refractivity (Wildman–Crippen MR) is 154 cm³/mol. The summed E-state index contributed by atoms with van der Waals surface area (Å²) < 4.78 is 29.5. The lowest BCUT2D eigenvalue weighted by molar-refractivity contribution is 0.107. The second kappa shape index (κ2) is 11.5. The summed E-state index contributed by atoms with van der Waals surface area (Å²) in [4.78, 5) is 2.73. The van der Waals surface area contributed by atoms with E-state index in [1.54, 1.807) is 28.6 Å². The zero-order valence-corrected chi connectivity index (χ0v) is 23.7.